The normalized spacial score (nSPS) is 18.9. The lowest BCUT2D eigenvalue weighted by atomic mass is 9.99. The van der Waals surface area contributed by atoms with Crippen LogP contribution in [-0.2, 0) is 0 Å². The zero-order valence-electron chi connectivity index (χ0n) is 11.3. The van der Waals surface area contributed by atoms with Crippen molar-refractivity contribution in [3.8, 4) is 0 Å². The molecular formula is C14H17IN2O3. The molecule has 0 aliphatic carbocycles. The molecule has 0 spiro atoms. The molecule has 20 heavy (non-hydrogen) atoms. The summed E-state index contributed by atoms with van der Waals surface area (Å²) in [7, 11) is 0. The van der Waals surface area contributed by atoms with Gasteiger partial charge in [-0.15, -0.1) is 0 Å². The van der Waals surface area contributed by atoms with Gasteiger partial charge in [-0.3, -0.25) is 14.9 Å². The lowest BCUT2D eigenvalue weighted by Gasteiger charge is -2.35. The largest absolute Gasteiger partial charge is 0.336 e. The van der Waals surface area contributed by atoms with Gasteiger partial charge in [0.05, 0.1) is 10.5 Å². The molecule has 0 aromatic heterocycles. The van der Waals surface area contributed by atoms with Crippen LogP contribution in [0.15, 0.2) is 18.2 Å². The molecule has 1 aromatic carbocycles. The lowest BCUT2D eigenvalue weighted by molar-refractivity contribution is -0.384. The van der Waals surface area contributed by atoms with Gasteiger partial charge in [0.1, 0.15) is 0 Å². The van der Waals surface area contributed by atoms with Gasteiger partial charge in [0, 0.05) is 28.3 Å². The van der Waals surface area contributed by atoms with Crippen LogP contribution in [0.3, 0.4) is 0 Å². The number of carbonyl (C=O) groups is 1. The Morgan fingerprint density at radius 2 is 2.25 bits per heavy atom. The van der Waals surface area contributed by atoms with Crippen LogP contribution in [0, 0.1) is 13.7 Å². The molecule has 1 fully saturated rings. The Morgan fingerprint density at radius 1 is 1.50 bits per heavy atom. The summed E-state index contributed by atoms with van der Waals surface area (Å²) in [6, 6.07) is 4.72. The standard InChI is InChI=1S/C14H17IN2O3/c1-2-10-5-3-4-8-16(10)14(18)12-9-11(17(19)20)6-7-13(12)15/h6-7,9-10H,2-5,8H2,1H3. The van der Waals surface area contributed by atoms with E-state index in [1.807, 2.05) is 4.90 Å². The van der Waals surface area contributed by atoms with Crippen molar-refractivity contribution in [1.29, 1.82) is 0 Å². The molecule has 2 rings (SSSR count). The highest BCUT2D eigenvalue weighted by molar-refractivity contribution is 14.1. The number of benzene rings is 1. The molecule has 1 unspecified atom stereocenters. The smallest absolute Gasteiger partial charge is 0.270 e. The van der Waals surface area contributed by atoms with E-state index in [0.29, 0.717) is 5.56 Å². The zero-order valence-corrected chi connectivity index (χ0v) is 13.5. The Kier molecular flexibility index (Phi) is 4.95. The number of non-ortho nitro benzene ring substituents is 1. The van der Waals surface area contributed by atoms with Gasteiger partial charge >= 0.3 is 0 Å². The average molecular weight is 388 g/mol. The Bertz CT molecular complexity index is 533. The first-order valence-electron chi connectivity index (χ1n) is 6.79. The third kappa shape index (κ3) is 3.11. The van der Waals surface area contributed by atoms with Crippen LogP contribution in [0.2, 0.25) is 0 Å². The molecule has 0 saturated carbocycles. The van der Waals surface area contributed by atoms with Crippen molar-refractivity contribution in [2.45, 2.75) is 38.6 Å². The number of hydrogen-bond donors (Lipinski definition) is 0. The quantitative estimate of drug-likeness (QED) is 0.452. The third-order valence-corrected chi connectivity index (χ3v) is 4.69. The summed E-state index contributed by atoms with van der Waals surface area (Å²) in [4.78, 5) is 24.9. The minimum atomic E-state index is -0.458. The van der Waals surface area contributed by atoms with Gasteiger partial charge < -0.3 is 4.90 Å². The van der Waals surface area contributed by atoms with Crippen LogP contribution in [0.1, 0.15) is 43.0 Å². The molecular weight excluding hydrogens is 371 g/mol. The van der Waals surface area contributed by atoms with Crippen LogP contribution in [0.25, 0.3) is 0 Å². The maximum Gasteiger partial charge on any atom is 0.270 e. The molecule has 1 heterocycles. The van der Waals surface area contributed by atoms with Crippen molar-refractivity contribution < 1.29 is 9.72 Å². The number of nitrogens with zero attached hydrogens (tertiary/aromatic N) is 2. The van der Waals surface area contributed by atoms with Crippen LogP contribution in [-0.4, -0.2) is 28.3 Å². The molecule has 1 aliphatic rings. The maximum atomic E-state index is 12.7. The maximum absolute atomic E-state index is 12.7. The minimum Gasteiger partial charge on any atom is -0.336 e. The van der Waals surface area contributed by atoms with Crippen LogP contribution < -0.4 is 0 Å². The van der Waals surface area contributed by atoms with Gasteiger partial charge in [-0.25, -0.2) is 0 Å². The summed E-state index contributed by atoms with van der Waals surface area (Å²) in [5, 5.41) is 10.9. The summed E-state index contributed by atoms with van der Waals surface area (Å²) < 4.78 is 0.763. The molecule has 1 saturated heterocycles. The molecule has 1 aromatic rings. The fraction of sp³-hybridized carbons (Fsp3) is 0.500. The van der Waals surface area contributed by atoms with Crippen LogP contribution >= 0.6 is 22.6 Å². The van der Waals surface area contributed by atoms with E-state index in [1.54, 1.807) is 6.07 Å². The van der Waals surface area contributed by atoms with Gasteiger partial charge in [0.2, 0.25) is 0 Å². The van der Waals surface area contributed by atoms with Gasteiger partial charge in [0.25, 0.3) is 11.6 Å². The molecule has 0 bridgehead atoms. The SMILES string of the molecule is CCC1CCCCN1C(=O)c1cc([N+](=O)[O-])ccc1I. The average Bonchev–Trinajstić information content (AvgIpc) is 2.46. The second-order valence-electron chi connectivity index (χ2n) is 4.98. The topological polar surface area (TPSA) is 63.5 Å². The van der Waals surface area contributed by atoms with E-state index in [2.05, 4.69) is 29.5 Å². The fourth-order valence-corrected chi connectivity index (χ4v) is 3.20. The number of piperidine rings is 1. The fourth-order valence-electron chi connectivity index (χ4n) is 2.64. The Hall–Kier alpha value is -1.18. The molecule has 1 amide bonds. The number of rotatable bonds is 3. The summed E-state index contributed by atoms with van der Waals surface area (Å²) in [5.41, 5.74) is 0.416. The van der Waals surface area contributed by atoms with Crippen molar-refractivity contribution in [1.82, 2.24) is 4.90 Å². The van der Waals surface area contributed by atoms with Gasteiger partial charge in [-0.2, -0.15) is 0 Å². The summed E-state index contributed by atoms with van der Waals surface area (Å²) in [6.07, 6.45) is 4.10. The monoisotopic (exact) mass is 388 g/mol. The van der Waals surface area contributed by atoms with Crippen molar-refractivity contribution >= 4 is 34.2 Å². The number of halogens is 1. The van der Waals surface area contributed by atoms with Crippen molar-refractivity contribution in [2.75, 3.05) is 6.54 Å². The number of hydrogen-bond acceptors (Lipinski definition) is 3. The van der Waals surface area contributed by atoms with Gasteiger partial charge in [0.15, 0.2) is 0 Å². The molecule has 1 atom stereocenters. The summed E-state index contributed by atoms with van der Waals surface area (Å²) >= 11 is 2.06. The highest BCUT2D eigenvalue weighted by Crippen LogP contribution is 2.26. The van der Waals surface area contributed by atoms with E-state index in [4.69, 9.17) is 0 Å². The predicted molar refractivity (Wildman–Crippen MR) is 84.8 cm³/mol. The number of nitro benzene ring substituents is 1. The Labute approximate surface area is 131 Å². The van der Waals surface area contributed by atoms with E-state index in [-0.39, 0.29) is 17.6 Å². The van der Waals surface area contributed by atoms with Gasteiger partial charge in [-0.05, 0) is 54.3 Å². The van der Waals surface area contributed by atoms with E-state index < -0.39 is 4.92 Å². The first-order chi connectivity index (χ1) is 9.54. The highest BCUT2D eigenvalue weighted by Gasteiger charge is 2.28. The Morgan fingerprint density at radius 3 is 2.90 bits per heavy atom. The van der Waals surface area contributed by atoms with Crippen molar-refractivity contribution in [3.63, 3.8) is 0 Å². The van der Waals surface area contributed by atoms with Crippen LogP contribution in [0.5, 0.6) is 0 Å². The number of carbonyl (C=O) groups excluding carboxylic acids is 1. The van der Waals surface area contributed by atoms with Crippen LogP contribution in [0.4, 0.5) is 5.69 Å². The molecule has 1 aliphatic heterocycles. The first kappa shape index (κ1) is 15.2. The predicted octanol–water partition coefficient (Wildman–Crippen LogP) is 3.60. The molecule has 6 heteroatoms. The second kappa shape index (κ2) is 6.51. The molecule has 0 N–H and O–H groups in total. The zero-order chi connectivity index (χ0) is 14.7. The van der Waals surface area contributed by atoms with E-state index in [9.17, 15) is 14.9 Å². The minimum absolute atomic E-state index is 0.0289. The molecule has 108 valence electrons. The highest BCUT2D eigenvalue weighted by atomic mass is 127. The molecule has 5 nitrogen and oxygen atoms in total. The van der Waals surface area contributed by atoms with E-state index in [0.717, 1.165) is 35.8 Å². The first-order valence-corrected chi connectivity index (χ1v) is 7.87. The summed E-state index contributed by atoms with van der Waals surface area (Å²) in [6.45, 7) is 2.82. The number of likely N-dealkylation sites (tertiary alicyclic amines) is 1. The van der Waals surface area contributed by atoms with Crippen molar-refractivity contribution in [2.24, 2.45) is 0 Å². The second-order valence-corrected chi connectivity index (χ2v) is 6.14. The van der Waals surface area contributed by atoms with Gasteiger partial charge in [-0.1, -0.05) is 6.92 Å². The lowest BCUT2D eigenvalue weighted by Crippen LogP contribution is -2.43. The summed E-state index contributed by atoms with van der Waals surface area (Å²) in [5.74, 6) is -0.0790. The number of amides is 1. The van der Waals surface area contributed by atoms with E-state index in [1.165, 1.54) is 12.1 Å². The van der Waals surface area contributed by atoms with E-state index >= 15 is 0 Å². The van der Waals surface area contributed by atoms with Crippen molar-refractivity contribution in [3.05, 3.63) is 37.4 Å². The Balaban J connectivity index is 2.32. The molecule has 0 radical (unpaired) electrons. The third-order valence-electron chi connectivity index (χ3n) is 3.75. The number of nitro groups is 1.